The molecule has 0 spiro atoms. The molecule has 0 heterocycles. The van der Waals surface area contributed by atoms with Crippen molar-refractivity contribution in [1.29, 1.82) is 0 Å². The standard InChI is InChI=1S/CHBrN2O3/c2-1(3-5)4(6)7/h5H. The summed E-state index contributed by atoms with van der Waals surface area (Å²) in [6.07, 6.45) is 0. The van der Waals surface area contributed by atoms with E-state index in [4.69, 9.17) is 5.21 Å². The normalized spacial score (nSPS) is 11.3. The highest BCUT2D eigenvalue weighted by molar-refractivity contribution is 9.18. The predicted octanol–water partition coefficient (Wildman–Crippen LogP) is 0.403. The molecular formula is CHBrN2O3. The summed E-state index contributed by atoms with van der Waals surface area (Å²) in [6.45, 7) is 0. The van der Waals surface area contributed by atoms with E-state index in [9.17, 15) is 10.1 Å². The molecule has 0 aromatic carbocycles. The number of hydrogen-bond acceptors (Lipinski definition) is 4. The number of rotatable bonds is 0. The van der Waals surface area contributed by atoms with Crippen LogP contribution in [-0.4, -0.2) is 14.9 Å². The molecule has 0 fully saturated rings. The third-order valence-corrected chi connectivity index (χ3v) is 0.681. The highest BCUT2D eigenvalue weighted by Gasteiger charge is 2.02. The molecule has 0 aromatic heterocycles. The second kappa shape index (κ2) is 2.51. The van der Waals surface area contributed by atoms with Gasteiger partial charge in [0, 0.05) is 0 Å². The lowest BCUT2D eigenvalue weighted by atomic mass is 11.4. The Bertz CT molecular complexity index is 110. The van der Waals surface area contributed by atoms with Gasteiger partial charge in [0.1, 0.15) is 0 Å². The van der Waals surface area contributed by atoms with Crippen LogP contribution in [-0.2, 0) is 0 Å². The molecule has 7 heavy (non-hydrogen) atoms. The van der Waals surface area contributed by atoms with Gasteiger partial charge in [0.15, 0.2) is 5.16 Å². The van der Waals surface area contributed by atoms with Gasteiger partial charge in [-0.3, -0.25) is 0 Å². The average Bonchev–Trinajstić information content (AvgIpc) is 1.65. The fourth-order valence-electron chi connectivity index (χ4n) is 0.0365. The molecule has 1 N–H and O–H groups in total. The van der Waals surface area contributed by atoms with Gasteiger partial charge in [0.25, 0.3) is 0 Å². The van der Waals surface area contributed by atoms with E-state index in [1.54, 1.807) is 0 Å². The smallest absolute Gasteiger partial charge is 0.357 e. The number of halogens is 1. The maximum Gasteiger partial charge on any atom is 0.451 e. The summed E-state index contributed by atoms with van der Waals surface area (Å²) in [4.78, 5) is 8.54. The SMILES string of the molecule is O=[N+]([O-])C(Br)=NO. The van der Waals surface area contributed by atoms with E-state index in [1.807, 2.05) is 0 Å². The van der Waals surface area contributed by atoms with Crippen molar-refractivity contribution in [2.45, 2.75) is 0 Å². The summed E-state index contributed by atoms with van der Waals surface area (Å²) in [5.74, 6) is 0. The van der Waals surface area contributed by atoms with E-state index in [0.717, 1.165) is 0 Å². The second-order valence-corrected chi connectivity index (χ2v) is 1.34. The van der Waals surface area contributed by atoms with Crippen molar-refractivity contribution in [2.24, 2.45) is 5.16 Å². The molecule has 0 bridgehead atoms. The van der Waals surface area contributed by atoms with Crippen molar-refractivity contribution in [2.75, 3.05) is 0 Å². The molecule has 0 rings (SSSR count). The molecule has 40 valence electrons. The minimum absolute atomic E-state index is 0.687. The van der Waals surface area contributed by atoms with Crippen molar-refractivity contribution >= 4 is 20.7 Å². The fraction of sp³-hybridized carbons (Fsp3) is 0. The van der Waals surface area contributed by atoms with E-state index in [1.165, 1.54) is 0 Å². The van der Waals surface area contributed by atoms with Gasteiger partial charge in [0.2, 0.25) is 0 Å². The number of oxime groups is 1. The quantitative estimate of drug-likeness (QED) is 0.142. The lowest BCUT2D eigenvalue weighted by Gasteiger charge is -1.80. The fourth-order valence-corrected chi connectivity index (χ4v) is 0.0365. The van der Waals surface area contributed by atoms with Gasteiger partial charge in [-0.05, 0) is 4.92 Å². The number of nitrogens with zero attached hydrogens (tertiary/aromatic N) is 2. The van der Waals surface area contributed by atoms with Crippen LogP contribution in [0, 0.1) is 10.1 Å². The van der Waals surface area contributed by atoms with Crippen LogP contribution < -0.4 is 0 Å². The van der Waals surface area contributed by atoms with Gasteiger partial charge in [-0.25, -0.2) is 0 Å². The molecule has 0 aliphatic heterocycles. The van der Waals surface area contributed by atoms with Gasteiger partial charge in [-0.2, -0.15) is 0 Å². The first-order valence-electron chi connectivity index (χ1n) is 1.20. The first-order valence-corrected chi connectivity index (χ1v) is 1.99. The van der Waals surface area contributed by atoms with Crippen molar-refractivity contribution in [3.8, 4) is 0 Å². The molecule has 0 saturated carbocycles. The molecule has 0 atom stereocenters. The highest BCUT2D eigenvalue weighted by atomic mass is 79.9. The Balaban J connectivity index is 3.82. The molecule has 0 saturated heterocycles. The first-order chi connectivity index (χ1) is 3.18. The van der Waals surface area contributed by atoms with Crippen LogP contribution >= 0.6 is 15.9 Å². The molecule has 0 aromatic rings. The van der Waals surface area contributed by atoms with E-state index < -0.39 is 9.67 Å². The number of hydrogen-bond donors (Lipinski definition) is 1. The van der Waals surface area contributed by atoms with Gasteiger partial charge < -0.3 is 15.3 Å². The van der Waals surface area contributed by atoms with Gasteiger partial charge >= 0.3 is 4.74 Å². The zero-order valence-electron chi connectivity index (χ0n) is 3.04. The van der Waals surface area contributed by atoms with Crippen LogP contribution in [0.3, 0.4) is 0 Å². The average molecular weight is 169 g/mol. The summed E-state index contributed by atoms with van der Waals surface area (Å²) < 4.78 is -0.687. The minimum Gasteiger partial charge on any atom is -0.357 e. The molecule has 0 radical (unpaired) electrons. The summed E-state index contributed by atoms with van der Waals surface area (Å²) in [5.41, 5.74) is 0. The highest BCUT2D eigenvalue weighted by Crippen LogP contribution is 1.86. The van der Waals surface area contributed by atoms with Crippen molar-refractivity contribution < 1.29 is 10.1 Å². The van der Waals surface area contributed by atoms with Crippen molar-refractivity contribution in [1.82, 2.24) is 0 Å². The third kappa shape index (κ3) is 2.10. The van der Waals surface area contributed by atoms with Crippen LogP contribution in [0.2, 0.25) is 0 Å². The lowest BCUT2D eigenvalue weighted by Crippen LogP contribution is -2.01. The molecule has 6 heteroatoms. The molecule has 0 amide bonds. The van der Waals surface area contributed by atoms with Crippen molar-refractivity contribution in [3.05, 3.63) is 10.1 Å². The van der Waals surface area contributed by atoms with Crippen LogP contribution in [0.5, 0.6) is 0 Å². The first kappa shape index (κ1) is 6.35. The summed E-state index contributed by atoms with van der Waals surface area (Å²) in [7, 11) is 0. The monoisotopic (exact) mass is 168 g/mol. The van der Waals surface area contributed by atoms with Crippen LogP contribution in [0.1, 0.15) is 0 Å². The van der Waals surface area contributed by atoms with E-state index in [-0.39, 0.29) is 0 Å². The van der Waals surface area contributed by atoms with Gasteiger partial charge in [-0.1, -0.05) is 0 Å². The third-order valence-electron chi connectivity index (χ3n) is 0.233. The predicted molar refractivity (Wildman–Crippen MR) is 25.1 cm³/mol. The second-order valence-electron chi connectivity index (χ2n) is 0.626. The zero-order chi connectivity index (χ0) is 5.86. The lowest BCUT2D eigenvalue weighted by molar-refractivity contribution is -0.344. The molecule has 0 unspecified atom stereocenters. The van der Waals surface area contributed by atoms with E-state index in [2.05, 4.69) is 21.1 Å². The summed E-state index contributed by atoms with van der Waals surface area (Å²) in [6, 6.07) is 0. The topological polar surface area (TPSA) is 75.7 Å². The Labute approximate surface area is 46.9 Å². The summed E-state index contributed by atoms with van der Waals surface area (Å²) >= 11 is 2.34. The molecule has 0 aliphatic carbocycles. The summed E-state index contributed by atoms with van der Waals surface area (Å²) in [5, 5.41) is 19.2. The maximum atomic E-state index is 9.40. The number of nitro groups is 1. The molecule has 0 aliphatic rings. The van der Waals surface area contributed by atoms with E-state index >= 15 is 0 Å². The van der Waals surface area contributed by atoms with Crippen LogP contribution in [0.4, 0.5) is 0 Å². The Morgan fingerprint density at radius 2 is 2.43 bits per heavy atom. The number of amidine groups is 1. The van der Waals surface area contributed by atoms with Crippen LogP contribution in [0.15, 0.2) is 5.16 Å². The minimum atomic E-state index is -0.861. The Hall–Kier alpha value is -0.650. The Morgan fingerprint density at radius 3 is 2.43 bits per heavy atom. The zero-order valence-corrected chi connectivity index (χ0v) is 4.62. The van der Waals surface area contributed by atoms with Gasteiger partial charge in [-0.15, -0.1) is 0 Å². The molecular weight excluding hydrogens is 168 g/mol. The van der Waals surface area contributed by atoms with Crippen molar-refractivity contribution in [3.63, 3.8) is 0 Å². The van der Waals surface area contributed by atoms with Crippen LogP contribution in [0.25, 0.3) is 0 Å². The largest absolute Gasteiger partial charge is 0.451 e. The van der Waals surface area contributed by atoms with Gasteiger partial charge in [0.05, 0.1) is 15.9 Å². The van der Waals surface area contributed by atoms with E-state index in [0.29, 0.717) is 0 Å². The maximum absolute atomic E-state index is 9.40. The molecule has 5 nitrogen and oxygen atoms in total. The Morgan fingerprint density at radius 1 is 2.00 bits per heavy atom. The Kier molecular flexibility index (Phi) is 2.28.